The minimum absolute atomic E-state index is 0.00715. The average Bonchev–Trinajstić information content (AvgIpc) is 3.40. The number of halogens is 2. The number of benzene rings is 3. The molecule has 48 heavy (non-hydrogen) atoms. The highest BCUT2D eigenvalue weighted by atomic mass is 19.1. The number of rotatable bonds is 7. The molecule has 1 aromatic heterocycles. The summed E-state index contributed by atoms with van der Waals surface area (Å²) in [7, 11) is 0. The molecule has 3 saturated heterocycles. The van der Waals surface area contributed by atoms with Crippen LogP contribution in [-0.2, 0) is 0 Å². The predicted molar refractivity (Wildman–Crippen MR) is 180 cm³/mol. The summed E-state index contributed by atoms with van der Waals surface area (Å²) < 4.78 is 38.2. The lowest BCUT2D eigenvalue weighted by Gasteiger charge is -2.34. The molecule has 10 heteroatoms. The van der Waals surface area contributed by atoms with Gasteiger partial charge in [-0.05, 0) is 79.7 Å². The molecule has 4 aromatic rings. The molecular formula is C38H39F2N5O3. The highest BCUT2D eigenvalue weighted by Gasteiger charge is 2.49. The van der Waals surface area contributed by atoms with E-state index in [-0.39, 0.29) is 45.5 Å². The van der Waals surface area contributed by atoms with Crippen molar-refractivity contribution in [2.24, 2.45) is 17.3 Å². The molecule has 3 aromatic carbocycles. The number of nitrogens with zero attached hydrogens (tertiary/aromatic N) is 4. The number of aliphatic hydroxyl groups is 1. The second-order valence-electron chi connectivity index (χ2n) is 14.9. The summed E-state index contributed by atoms with van der Waals surface area (Å²) in [5.74, 6) is 2.73. The van der Waals surface area contributed by atoms with Crippen LogP contribution in [0.15, 0.2) is 36.4 Å². The second-order valence-corrected chi connectivity index (χ2v) is 14.9. The Hall–Kier alpha value is -4.04. The summed E-state index contributed by atoms with van der Waals surface area (Å²) in [6.45, 7) is 4.79. The van der Waals surface area contributed by atoms with Gasteiger partial charge in [0.15, 0.2) is 5.82 Å². The van der Waals surface area contributed by atoms with E-state index < -0.39 is 11.6 Å². The number of terminal acetylenes is 1. The third-order valence-electron chi connectivity index (χ3n) is 11.7. The van der Waals surface area contributed by atoms with Crippen molar-refractivity contribution in [3.63, 3.8) is 0 Å². The zero-order valence-electron chi connectivity index (χ0n) is 26.8. The maximum atomic E-state index is 16.9. The highest BCUT2D eigenvalue weighted by Crippen LogP contribution is 2.49. The van der Waals surface area contributed by atoms with E-state index in [4.69, 9.17) is 16.1 Å². The van der Waals surface area contributed by atoms with Gasteiger partial charge < -0.3 is 30.1 Å². The Morgan fingerprint density at radius 1 is 0.979 bits per heavy atom. The maximum Gasteiger partial charge on any atom is 0.319 e. The standard InChI is InChI=1S/C38H39F2N5O3/c1-2-26-31(39)9-3-21-13-25(46)14-29(33(21)26)27-7-8-28-35(34(27)40)42-37(43-36(28)45-16-23-5-6-24(17-45)41-23)48-20-38(11-12-38)19-44-15-22-4-10-32(47)30(22)18-44/h1,3,7-9,13-14,22-24,30,32,41,46-47H,4-6,10-12,15-20H2. The molecule has 2 saturated carbocycles. The fourth-order valence-corrected chi connectivity index (χ4v) is 9.06. The van der Waals surface area contributed by atoms with E-state index in [0.29, 0.717) is 52.5 Å². The van der Waals surface area contributed by atoms with Crippen LogP contribution >= 0.6 is 0 Å². The number of hydrogen-bond donors (Lipinski definition) is 3. The fraction of sp³-hybridized carbons (Fsp3) is 0.474. The van der Waals surface area contributed by atoms with Gasteiger partial charge in [-0.3, -0.25) is 0 Å². The molecule has 0 radical (unpaired) electrons. The first-order valence-corrected chi connectivity index (χ1v) is 17.2. The van der Waals surface area contributed by atoms with Crippen molar-refractivity contribution in [1.82, 2.24) is 20.2 Å². The minimum Gasteiger partial charge on any atom is -0.508 e. The van der Waals surface area contributed by atoms with E-state index in [0.717, 1.165) is 71.2 Å². The number of hydrogen-bond acceptors (Lipinski definition) is 8. The average molecular weight is 652 g/mol. The van der Waals surface area contributed by atoms with E-state index in [2.05, 4.69) is 26.0 Å². The minimum atomic E-state index is -0.610. The van der Waals surface area contributed by atoms with Crippen LogP contribution in [0.1, 0.15) is 44.1 Å². The van der Waals surface area contributed by atoms with Gasteiger partial charge in [-0.1, -0.05) is 18.1 Å². The molecular weight excluding hydrogens is 612 g/mol. The van der Waals surface area contributed by atoms with Crippen LogP contribution in [-0.4, -0.2) is 82.6 Å². The number of ether oxygens (including phenoxy) is 1. The van der Waals surface area contributed by atoms with Gasteiger partial charge in [0.2, 0.25) is 0 Å². The van der Waals surface area contributed by atoms with Crippen LogP contribution in [0.3, 0.4) is 0 Å². The van der Waals surface area contributed by atoms with Gasteiger partial charge in [-0.15, -0.1) is 6.42 Å². The SMILES string of the molecule is C#Cc1c(F)ccc2cc(O)cc(-c3ccc4c(N5CC6CCC(C5)N6)nc(OCC5(CN6CC7CCC(O)C7C6)CC5)nc4c3F)c12. The maximum absolute atomic E-state index is 16.9. The first kappa shape index (κ1) is 30.1. The molecule has 4 heterocycles. The van der Waals surface area contributed by atoms with Gasteiger partial charge in [-0.25, -0.2) is 8.78 Å². The number of fused-ring (bicyclic) bond motifs is 5. The quantitative estimate of drug-likeness (QED) is 0.235. The topological polar surface area (TPSA) is 94.0 Å². The number of nitrogens with one attached hydrogen (secondary N) is 1. The number of aromatic hydroxyl groups is 1. The van der Waals surface area contributed by atoms with Crippen molar-refractivity contribution in [3.8, 4) is 35.2 Å². The van der Waals surface area contributed by atoms with Crippen LogP contribution in [0.5, 0.6) is 11.8 Å². The van der Waals surface area contributed by atoms with Gasteiger partial charge in [0.25, 0.3) is 0 Å². The molecule has 3 aliphatic heterocycles. The first-order chi connectivity index (χ1) is 23.3. The van der Waals surface area contributed by atoms with Gasteiger partial charge in [0.05, 0.1) is 18.3 Å². The van der Waals surface area contributed by atoms with Gasteiger partial charge in [0.1, 0.15) is 22.9 Å². The predicted octanol–water partition coefficient (Wildman–Crippen LogP) is 5.22. The van der Waals surface area contributed by atoms with Crippen molar-refractivity contribution >= 4 is 27.5 Å². The molecule has 5 fully saturated rings. The lowest BCUT2D eigenvalue weighted by molar-refractivity contribution is 0.116. The van der Waals surface area contributed by atoms with Crippen molar-refractivity contribution in [3.05, 3.63) is 53.6 Å². The summed E-state index contributed by atoms with van der Waals surface area (Å²) in [5, 5.41) is 26.1. The summed E-state index contributed by atoms with van der Waals surface area (Å²) >= 11 is 0. The third kappa shape index (κ3) is 5.06. The number of aliphatic hydroxyl groups excluding tert-OH is 1. The van der Waals surface area contributed by atoms with Crippen molar-refractivity contribution < 1.29 is 23.7 Å². The van der Waals surface area contributed by atoms with E-state index in [9.17, 15) is 14.6 Å². The number of anilines is 1. The fourth-order valence-electron chi connectivity index (χ4n) is 9.06. The van der Waals surface area contributed by atoms with Crippen molar-refractivity contribution in [1.29, 1.82) is 0 Å². The third-order valence-corrected chi connectivity index (χ3v) is 11.7. The Kier molecular flexibility index (Phi) is 7.05. The Labute approximate surface area is 278 Å². The number of phenols is 1. The summed E-state index contributed by atoms with van der Waals surface area (Å²) in [6.07, 6.45) is 11.8. The van der Waals surface area contributed by atoms with E-state index in [1.54, 1.807) is 6.07 Å². The van der Waals surface area contributed by atoms with Gasteiger partial charge in [-0.2, -0.15) is 9.97 Å². The van der Waals surface area contributed by atoms with Crippen molar-refractivity contribution in [2.45, 2.75) is 56.7 Å². The van der Waals surface area contributed by atoms with Crippen LogP contribution in [0.2, 0.25) is 0 Å². The molecule has 0 spiro atoms. The van der Waals surface area contributed by atoms with E-state index in [1.807, 2.05) is 6.07 Å². The molecule has 2 bridgehead atoms. The lowest BCUT2D eigenvalue weighted by Crippen LogP contribution is -2.51. The summed E-state index contributed by atoms with van der Waals surface area (Å²) in [6, 6.07) is 9.96. The molecule has 5 unspecified atom stereocenters. The normalized spacial score (nSPS) is 27.5. The molecule has 5 atom stereocenters. The van der Waals surface area contributed by atoms with Gasteiger partial charge in [0, 0.05) is 72.5 Å². The second kappa shape index (κ2) is 11.3. The van der Waals surface area contributed by atoms with Crippen LogP contribution in [0.4, 0.5) is 14.6 Å². The first-order valence-electron chi connectivity index (χ1n) is 17.2. The number of aromatic nitrogens is 2. The Balaban J connectivity index is 1.09. The Bertz CT molecular complexity index is 1980. The molecule has 9 rings (SSSR count). The molecule has 248 valence electrons. The summed E-state index contributed by atoms with van der Waals surface area (Å²) in [4.78, 5) is 14.3. The molecule has 5 aliphatic rings. The summed E-state index contributed by atoms with van der Waals surface area (Å²) in [5.41, 5.74) is 0.558. The zero-order valence-corrected chi connectivity index (χ0v) is 26.8. The van der Waals surface area contributed by atoms with Crippen LogP contribution in [0.25, 0.3) is 32.8 Å². The molecule has 0 amide bonds. The monoisotopic (exact) mass is 651 g/mol. The zero-order chi connectivity index (χ0) is 32.7. The highest BCUT2D eigenvalue weighted by molar-refractivity contribution is 6.04. The van der Waals surface area contributed by atoms with Crippen LogP contribution < -0.4 is 15.0 Å². The van der Waals surface area contributed by atoms with E-state index >= 15 is 4.39 Å². The smallest absolute Gasteiger partial charge is 0.319 e. The lowest BCUT2D eigenvalue weighted by atomic mass is 9.93. The van der Waals surface area contributed by atoms with Gasteiger partial charge >= 0.3 is 6.01 Å². The molecule has 8 nitrogen and oxygen atoms in total. The number of piperazine rings is 1. The Morgan fingerprint density at radius 3 is 2.54 bits per heavy atom. The van der Waals surface area contributed by atoms with Crippen LogP contribution in [0, 0.1) is 41.2 Å². The Morgan fingerprint density at radius 2 is 1.79 bits per heavy atom. The molecule has 3 N–H and O–H groups in total. The number of phenolic OH excluding ortho intramolecular Hbond substituents is 1. The van der Waals surface area contributed by atoms with Crippen molar-refractivity contribution in [2.75, 3.05) is 44.2 Å². The molecule has 2 aliphatic carbocycles. The number of likely N-dealkylation sites (tertiary alicyclic amines) is 1. The van der Waals surface area contributed by atoms with E-state index in [1.165, 1.54) is 24.3 Å². The largest absolute Gasteiger partial charge is 0.508 e.